The van der Waals surface area contributed by atoms with Gasteiger partial charge in [-0.15, -0.1) is 0 Å². The van der Waals surface area contributed by atoms with Gasteiger partial charge in [-0.1, -0.05) is 12.1 Å². The molecule has 0 saturated carbocycles. The van der Waals surface area contributed by atoms with Gasteiger partial charge in [-0.2, -0.15) is 0 Å². The molecule has 1 aromatic carbocycles. The SMILES string of the molecule is O=C(CCc1ccc(F)cc1)NNC(=O)C[C@@H]1CCS(=O)(=O)C1. The van der Waals surface area contributed by atoms with Gasteiger partial charge in [0.05, 0.1) is 11.5 Å². The first-order valence-electron chi connectivity index (χ1n) is 7.36. The van der Waals surface area contributed by atoms with Crippen molar-refractivity contribution in [2.45, 2.75) is 25.7 Å². The van der Waals surface area contributed by atoms with E-state index in [4.69, 9.17) is 0 Å². The molecular weight excluding hydrogens is 323 g/mol. The van der Waals surface area contributed by atoms with Gasteiger partial charge in [-0.05, 0) is 36.5 Å². The second-order valence-corrected chi connectivity index (χ2v) is 7.92. The van der Waals surface area contributed by atoms with Crippen molar-refractivity contribution in [1.29, 1.82) is 0 Å². The van der Waals surface area contributed by atoms with Crippen LogP contribution in [0.3, 0.4) is 0 Å². The molecule has 1 aliphatic rings. The summed E-state index contributed by atoms with van der Waals surface area (Å²) in [6, 6.07) is 5.85. The van der Waals surface area contributed by atoms with Gasteiger partial charge in [-0.3, -0.25) is 20.4 Å². The number of halogens is 1. The molecule has 0 radical (unpaired) electrons. The van der Waals surface area contributed by atoms with Crippen LogP contribution in [-0.4, -0.2) is 31.7 Å². The van der Waals surface area contributed by atoms with E-state index < -0.39 is 15.7 Å². The molecule has 2 rings (SSSR count). The quantitative estimate of drug-likeness (QED) is 0.772. The Morgan fingerprint density at radius 3 is 2.39 bits per heavy atom. The maximum atomic E-state index is 12.7. The summed E-state index contributed by atoms with van der Waals surface area (Å²) in [4.78, 5) is 23.3. The number of sulfone groups is 1. The molecule has 1 heterocycles. The molecule has 23 heavy (non-hydrogen) atoms. The zero-order chi connectivity index (χ0) is 16.9. The van der Waals surface area contributed by atoms with Gasteiger partial charge in [0.2, 0.25) is 11.8 Å². The Morgan fingerprint density at radius 1 is 1.13 bits per heavy atom. The van der Waals surface area contributed by atoms with Crippen molar-refractivity contribution in [2.75, 3.05) is 11.5 Å². The van der Waals surface area contributed by atoms with Crippen LogP contribution in [0.4, 0.5) is 4.39 Å². The average molecular weight is 342 g/mol. The maximum Gasteiger partial charge on any atom is 0.238 e. The molecule has 126 valence electrons. The lowest BCUT2D eigenvalue weighted by atomic mass is 10.1. The number of carbonyl (C=O) groups excluding carboxylic acids is 2. The second-order valence-electron chi connectivity index (χ2n) is 5.70. The number of carbonyl (C=O) groups is 2. The Morgan fingerprint density at radius 2 is 1.78 bits per heavy atom. The van der Waals surface area contributed by atoms with Gasteiger partial charge in [0.15, 0.2) is 9.84 Å². The van der Waals surface area contributed by atoms with Crippen molar-refractivity contribution in [1.82, 2.24) is 10.9 Å². The third kappa shape index (κ3) is 5.97. The second kappa shape index (κ2) is 7.54. The van der Waals surface area contributed by atoms with Gasteiger partial charge in [-0.25, -0.2) is 12.8 Å². The molecule has 1 aliphatic heterocycles. The van der Waals surface area contributed by atoms with Crippen LogP contribution in [0.25, 0.3) is 0 Å². The highest BCUT2D eigenvalue weighted by molar-refractivity contribution is 7.91. The fourth-order valence-corrected chi connectivity index (χ4v) is 4.32. The van der Waals surface area contributed by atoms with Gasteiger partial charge < -0.3 is 0 Å². The van der Waals surface area contributed by atoms with Crippen molar-refractivity contribution in [3.63, 3.8) is 0 Å². The highest BCUT2D eigenvalue weighted by Gasteiger charge is 2.29. The molecule has 1 fully saturated rings. The van der Waals surface area contributed by atoms with Crippen LogP contribution in [0.5, 0.6) is 0 Å². The van der Waals surface area contributed by atoms with Gasteiger partial charge >= 0.3 is 0 Å². The summed E-state index contributed by atoms with van der Waals surface area (Å²) in [5.74, 6) is -1.13. The average Bonchev–Trinajstić information content (AvgIpc) is 2.83. The normalized spacial score (nSPS) is 19.3. The summed E-state index contributed by atoms with van der Waals surface area (Å²) < 4.78 is 35.4. The van der Waals surface area contributed by atoms with Crippen LogP contribution in [0, 0.1) is 11.7 Å². The monoisotopic (exact) mass is 342 g/mol. The highest BCUT2D eigenvalue weighted by atomic mass is 32.2. The lowest BCUT2D eigenvalue weighted by Gasteiger charge is -2.10. The van der Waals surface area contributed by atoms with E-state index >= 15 is 0 Å². The molecule has 2 amide bonds. The predicted octanol–water partition coefficient (Wildman–Crippen LogP) is 0.730. The van der Waals surface area contributed by atoms with E-state index in [2.05, 4.69) is 10.9 Å². The minimum Gasteiger partial charge on any atom is -0.273 e. The van der Waals surface area contributed by atoms with E-state index in [9.17, 15) is 22.4 Å². The van der Waals surface area contributed by atoms with Crippen LogP contribution in [0.2, 0.25) is 0 Å². The minimum atomic E-state index is -3.01. The molecular formula is C15H19FN2O4S. The highest BCUT2D eigenvalue weighted by Crippen LogP contribution is 2.21. The molecule has 0 aromatic heterocycles. The first-order valence-corrected chi connectivity index (χ1v) is 9.19. The zero-order valence-electron chi connectivity index (χ0n) is 12.5. The van der Waals surface area contributed by atoms with Crippen molar-refractivity contribution < 1.29 is 22.4 Å². The Balaban J connectivity index is 1.66. The number of benzene rings is 1. The van der Waals surface area contributed by atoms with Crippen molar-refractivity contribution in [3.05, 3.63) is 35.6 Å². The fourth-order valence-electron chi connectivity index (χ4n) is 2.46. The van der Waals surface area contributed by atoms with E-state index in [0.29, 0.717) is 12.8 Å². The largest absolute Gasteiger partial charge is 0.273 e. The smallest absolute Gasteiger partial charge is 0.238 e. The maximum absolute atomic E-state index is 12.7. The van der Waals surface area contributed by atoms with Crippen LogP contribution in [0.15, 0.2) is 24.3 Å². The van der Waals surface area contributed by atoms with E-state index in [0.717, 1.165) is 5.56 Å². The van der Waals surface area contributed by atoms with Crippen LogP contribution < -0.4 is 10.9 Å². The zero-order valence-corrected chi connectivity index (χ0v) is 13.4. The number of nitrogens with one attached hydrogen (secondary N) is 2. The first-order chi connectivity index (χ1) is 10.8. The summed E-state index contributed by atoms with van der Waals surface area (Å²) in [5.41, 5.74) is 5.41. The van der Waals surface area contributed by atoms with Gasteiger partial charge in [0.25, 0.3) is 0 Å². The number of amides is 2. The summed E-state index contributed by atoms with van der Waals surface area (Å²) in [5, 5.41) is 0. The topological polar surface area (TPSA) is 92.3 Å². The van der Waals surface area contributed by atoms with E-state index in [1.165, 1.54) is 12.1 Å². The van der Waals surface area contributed by atoms with Crippen molar-refractivity contribution in [3.8, 4) is 0 Å². The lowest BCUT2D eigenvalue weighted by Crippen LogP contribution is -2.42. The van der Waals surface area contributed by atoms with Gasteiger partial charge in [0, 0.05) is 12.8 Å². The number of hydrogen-bond donors (Lipinski definition) is 2. The standard InChI is InChI=1S/C15H19FN2O4S/c16-13-4-1-11(2-5-13)3-6-14(19)17-18-15(20)9-12-7-8-23(21,22)10-12/h1-2,4-5,12H,3,6-10H2,(H,17,19)(H,18,20)/t12-/m0/s1. The molecule has 0 unspecified atom stereocenters. The molecule has 1 saturated heterocycles. The van der Waals surface area contributed by atoms with Crippen LogP contribution in [0.1, 0.15) is 24.8 Å². The lowest BCUT2D eigenvalue weighted by molar-refractivity contribution is -0.129. The van der Waals surface area contributed by atoms with E-state index in [1.54, 1.807) is 12.1 Å². The van der Waals surface area contributed by atoms with Crippen molar-refractivity contribution >= 4 is 21.7 Å². The molecule has 0 bridgehead atoms. The van der Waals surface area contributed by atoms with Crippen molar-refractivity contribution in [2.24, 2.45) is 5.92 Å². The summed E-state index contributed by atoms with van der Waals surface area (Å²) >= 11 is 0. The Labute approximate surface area is 134 Å². The molecule has 2 N–H and O–H groups in total. The summed E-state index contributed by atoms with van der Waals surface area (Å²) in [6.45, 7) is 0. The minimum absolute atomic E-state index is 0.0267. The number of aryl methyl sites for hydroxylation is 1. The molecule has 0 aliphatic carbocycles. The molecule has 6 nitrogen and oxygen atoms in total. The fraction of sp³-hybridized carbons (Fsp3) is 0.467. The Kier molecular flexibility index (Phi) is 5.70. The molecule has 1 aromatic rings. The summed E-state index contributed by atoms with van der Waals surface area (Å²) in [7, 11) is -3.01. The van der Waals surface area contributed by atoms with E-state index in [-0.39, 0.29) is 42.0 Å². The number of hydrazine groups is 1. The third-order valence-electron chi connectivity index (χ3n) is 3.70. The van der Waals surface area contributed by atoms with Crippen LogP contribution >= 0.6 is 0 Å². The molecule has 1 atom stereocenters. The van der Waals surface area contributed by atoms with Gasteiger partial charge in [0.1, 0.15) is 5.82 Å². The Hall–Kier alpha value is -1.96. The molecule has 0 spiro atoms. The first kappa shape index (κ1) is 17.4. The van der Waals surface area contributed by atoms with Crippen LogP contribution in [-0.2, 0) is 25.8 Å². The third-order valence-corrected chi connectivity index (χ3v) is 5.53. The molecule has 8 heteroatoms. The number of rotatable bonds is 5. The summed E-state index contributed by atoms with van der Waals surface area (Å²) in [6.07, 6.45) is 1.15. The Bertz CT molecular complexity index is 673. The number of hydrogen-bond acceptors (Lipinski definition) is 4. The predicted molar refractivity (Wildman–Crippen MR) is 82.4 cm³/mol. The van der Waals surface area contributed by atoms with E-state index in [1.807, 2.05) is 0 Å².